The van der Waals surface area contributed by atoms with E-state index in [2.05, 4.69) is 51.9 Å². The summed E-state index contributed by atoms with van der Waals surface area (Å²) in [6, 6.07) is 10.3. The Morgan fingerprint density at radius 2 is 2.25 bits per heavy atom. The van der Waals surface area contributed by atoms with Crippen molar-refractivity contribution in [1.29, 1.82) is 0 Å². The Kier molecular flexibility index (Phi) is 6.04. The molecule has 2 rings (SSSR count). The lowest BCUT2D eigenvalue weighted by Gasteiger charge is -2.16. The van der Waals surface area contributed by atoms with Crippen molar-refractivity contribution in [2.75, 3.05) is 6.61 Å². The third-order valence-corrected chi connectivity index (χ3v) is 4.68. The number of benzene rings is 1. The minimum absolute atomic E-state index is 0.0886. The summed E-state index contributed by atoms with van der Waals surface area (Å²) in [6.45, 7) is 2.84. The van der Waals surface area contributed by atoms with Gasteiger partial charge in [-0.3, -0.25) is 11.3 Å². The molecule has 0 amide bonds. The Balaban J connectivity index is 2.10. The number of thiophene rings is 1. The lowest BCUT2D eigenvalue weighted by Crippen LogP contribution is -2.29. The van der Waals surface area contributed by atoms with Crippen molar-refractivity contribution in [3.8, 4) is 5.75 Å². The Labute approximate surface area is 132 Å². The van der Waals surface area contributed by atoms with Crippen LogP contribution in [0.3, 0.4) is 0 Å². The summed E-state index contributed by atoms with van der Waals surface area (Å²) < 4.78 is 6.79. The van der Waals surface area contributed by atoms with Crippen molar-refractivity contribution >= 4 is 27.3 Å². The zero-order valence-corrected chi connectivity index (χ0v) is 13.8. The highest BCUT2D eigenvalue weighted by Gasteiger charge is 2.12. The van der Waals surface area contributed by atoms with Crippen LogP contribution < -0.4 is 16.0 Å². The van der Waals surface area contributed by atoms with Gasteiger partial charge in [-0.15, -0.1) is 11.3 Å². The molecule has 0 aliphatic rings. The molecule has 1 unspecified atom stereocenters. The second kappa shape index (κ2) is 7.78. The van der Waals surface area contributed by atoms with Crippen LogP contribution in [0.1, 0.15) is 29.8 Å². The molecule has 3 N–H and O–H groups in total. The van der Waals surface area contributed by atoms with Crippen LogP contribution in [0.2, 0.25) is 0 Å². The lowest BCUT2D eigenvalue weighted by atomic mass is 10.0. The standard InChI is InChI=1S/C15H19BrN2OS/c1-2-6-19-13-5-3-4-11(7-13)15(18-17)9-14-8-12(16)10-20-14/h3-5,7-8,10,15,18H,2,6,9,17H2,1H3. The monoisotopic (exact) mass is 354 g/mol. The molecule has 5 heteroatoms. The van der Waals surface area contributed by atoms with Crippen LogP contribution in [0.4, 0.5) is 0 Å². The number of hydrazine groups is 1. The largest absolute Gasteiger partial charge is 0.494 e. The van der Waals surface area contributed by atoms with Gasteiger partial charge in [0.25, 0.3) is 0 Å². The minimum atomic E-state index is 0.0886. The van der Waals surface area contributed by atoms with Crippen molar-refractivity contribution in [1.82, 2.24) is 5.43 Å². The fourth-order valence-corrected chi connectivity index (χ4v) is 3.47. The highest BCUT2D eigenvalue weighted by Crippen LogP contribution is 2.26. The Morgan fingerprint density at radius 1 is 1.40 bits per heavy atom. The van der Waals surface area contributed by atoms with Crippen LogP contribution >= 0.6 is 27.3 Å². The summed E-state index contributed by atoms with van der Waals surface area (Å²) in [5.74, 6) is 6.61. The Morgan fingerprint density at radius 3 is 2.90 bits per heavy atom. The van der Waals surface area contributed by atoms with Crippen LogP contribution in [-0.4, -0.2) is 6.61 Å². The molecule has 1 aromatic heterocycles. The quantitative estimate of drug-likeness (QED) is 0.582. The molecule has 1 aromatic carbocycles. The van der Waals surface area contributed by atoms with Gasteiger partial charge in [-0.1, -0.05) is 19.1 Å². The van der Waals surface area contributed by atoms with Gasteiger partial charge < -0.3 is 4.74 Å². The average molecular weight is 355 g/mol. The highest BCUT2D eigenvalue weighted by atomic mass is 79.9. The summed E-state index contributed by atoms with van der Waals surface area (Å²) >= 11 is 5.21. The van der Waals surface area contributed by atoms with Crippen molar-refractivity contribution < 1.29 is 4.74 Å². The minimum Gasteiger partial charge on any atom is -0.494 e. The molecule has 20 heavy (non-hydrogen) atoms. The summed E-state index contributed by atoms with van der Waals surface area (Å²) in [7, 11) is 0. The molecule has 3 nitrogen and oxygen atoms in total. The maximum Gasteiger partial charge on any atom is 0.119 e. The molecule has 0 bridgehead atoms. The second-order valence-electron chi connectivity index (χ2n) is 4.58. The smallest absolute Gasteiger partial charge is 0.119 e. The van der Waals surface area contributed by atoms with Gasteiger partial charge >= 0.3 is 0 Å². The van der Waals surface area contributed by atoms with Crippen LogP contribution in [0, 0.1) is 0 Å². The van der Waals surface area contributed by atoms with E-state index in [1.807, 2.05) is 12.1 Å². The highest BCUT2D eigenvalue weighted by molar-refractivity contribution is 9.10. The van der Waals surface area contributed by atoms with E-state index in [9.17, 15) is 0 Å². The number of rotatable bonds is 7. The van der Waals surface area contributed by atoms with Gasteiger partial charge in [-0.2, -0.15) is 0 Å². The molecule has 0 aliphatic carbocycles. The number of nitrogens with two attached hydrogens (primary N) is 1. The molecule has 2 aromatic rings. The Bertz CT molecular complexity index is 544. The summed E-state index contributed by atoms with van der Waals surface area (Å²) in [5, 5.41) is 2.09. The van der Waals surface area contributed by atoms with E-state index in [-0.39, 0.29) is 6.04 Å². The SMILES string of the molecule is CCCOc1cccc(C(Cc2cc(Br)cs2)NN)c1. The van der Waals surface area contributed by atoms with Gasteiger partial charge in [0.2, 0.25) is 0 Å². The van der Waals surface area contributed by atoms with Crippen LogP contribution in [0.15, 0.2) is 40.2 Å². The summed E-state index contributed by atoms with van der Waals surface area (Å²) in [4.78, 5) is 1.29. The molecule has 0 aliphatic heterocycles. The average Bonchev–Trinajstić information content (AvgIpc) is 2.88. The molecule has 0 fully saturated rings. The van der Waals surface area contributed by atoms with E-state index < -0.39 is 0 Å². The summed E-state index contributed by atoms with van der Waals surface area (Å²) in [6.07, 6.45) is 1.87. The van der Waals surface area contributed by atoms with Gasteiger partial charge in [0, 0.05) is 21.2 Å². The van der Waals surface area contributed by atoms with Crippen molar-refractivity contribution in [3.05, 3.63) is 50.6 Å². The van der Waals surface area contributed by atoms with Crippen molar-refractivity contribution in [2.45, 2.75) is 25.8 Å². The predicted molar refractivity (Wildman–Crippen MR) is 88.0 cm³/mol. The molecular formula is C15H19BrN2OS. The van der Waals surface area contributed by atoms with Gasteiger partial charge in [0.15, 0.2) is 0 Å². The van der Waals surface area contributed by atoms with Crippen molar-refractivity contribution in [3.63, 3.8) is 0 Å². The maximum absolute atomic E-state index is 5.71. The maximum atomic E-state index is 5.71. The lowest BCUT2D eigenvalue weighted by molar-refractivity contribution is 0.316. The third kappa shape index (κ3) is 4.31. The van der Waals surface area contributed by atoms with Crippen LogP contribution in [-0.2, 0) is 6.42 Å². The van der Waals surface area contributed by atoms with E-state index in [1.165, 1.54) is 4.88 Å². The van der Waals surface area contributed by atoms with Crippen LogP contribution in [0.25, 0.3) is 0 Å². The Hall–Kier alpha value is -0.880. The number of halogens is 1. The molecule has 1 heterocycles. The first kappa shape index (κ1) is 15.5. The fourth-order valence-electron chi connectivity index (χ4n) is 1.98. The van der Waals surface area contributed by atoms with Gasteiger partial charge in [0.05, 0.1) is 12.6 Å². The molecule has 0 radical (unpaired) electrons. The zero-order chi connectivity index (χ0) is 14.4. The predicted octanol–water partition coefficient (Wildman–Crippen LogP) is 4.05. The van der Waals surface area contributed by atoms with E-state index in [0.717, 1.165) is 35.2 Å². The normalized spacial score (nSPS) is 12.3. The van der Waals surface area contributed by atoms with Crippen molar-refractivity contribution in [2.24, 2.45) is 5.84 Å². The number of hydrogen-bond acceptors (Lipinski definition) is 4. The van der Waals surface area contributed by atoms with E-state index in [0.29, 0.717) is 0 Å². The zero-order valence-electron chi connectivity index (χ0n) is 11.4. The van der Waals surface area contributed by atoms with Gasteiger partial charge in [-0.25, -0.2) is 0 Å². The first-order valence-electron chi connectivity index (χ1n) is 6.64. The number of nitrogens with one attached hydrogen (secondary N) is 1. The van der Waals surface area contributed by atoms with E-state index >= 15 is 0 Å². The van der Waals surface area contributed by atoms with Crippen LogP contribution in [0.5, 0.6) is 5.75 Å². The first-order valence-corrected chi connectivity index (χ1v) is 8.32. The topological polar surface area (TPSA) is 47.3 Å². The second-order valence-corrected chi connectivity index (χ2v) is 6.49. The van der Waals surface area contributed by atoms with E-state index in [4.69, 9.17) is 10.6 Å². The molecule has 0 saturated heterocycles. The van der Waals surface area contributed by atoms with Gasteiger partial charge in [0.1, 0.15) is 5.75 Å². The third-order valence-electron chi connectivity index (χ3n) is 2.96. The molecule has 108 valence electrons. The number of ether oxygens (including phenoxy) is 1. The summed E-state index contributed by atoms with van der Waals surface area (Å²) in [5.41, 5.74) is 4.04. The molecular weight excluding hydrogens is 336 g/mol. The fraction of sp³-hybridized carbons (Fsp3) is 0.333. The van der Waals surface area contributed by atoms with Gasteiger partial charge in [-0.05, 0) is 46.1 Å². The number of hydrogen-bond donors (Lipinski definition) is 2. The molecule has 0 saturated carbocycles. The molecule has 0 spiro atoms. The molecule has 1 atom stereocenters. The first-order chi connectivity index (χ1) is 9.72. The van der Waals surface area contributed by atoms with E-state index in [1.54, 1.807) is 11.3 Å².